The van der Waals surface area contributed by atoms with Crippen LogP contribution in [0.25, 0.3) is 11.4 Å². The molecule has 6 nitrogen and oxygen atoms in total. The van der Waals surface area contributed by atoms with Gasteiger partial charge in [-0.1, -0.05) is 47.6 Å². The number of amides is 1. The number of nitrogens with zero attached hydrogens (tertiary/aromatic N) is 4. The number of aromatic nitrogens is 3. The predicted octanol–water partition coefficient (Wildman–Crippen LogP) is 4.43. The van der Waals surface area contributed by atoms with E-state index in [1.54, 1.807) is 25.1 Å². The molecule has 0 aliphatic carbocycles. The fraction of sp³-hybridized carbons (Fsp3) is 0.200. The number of nitriles is 1. The second-order valence-electron chi connectivity index (χ2n) is 6.24. The molecule has 1 amide bonds. The van der Waals surface area contributed by atoms with Gasteiger partial charge in [0.05, 0.1) is 15.8 Å². The zero-order chi connectivity index (χ0) is 20.3. The topological polar surface area (TPSA) is 83.6 Å². The lowest BCUT2D eigenvalue weighted by Gasteiger charge is -2.12. The highest BCUT2D eigenvalue weighted by Gasteiger charge is 2.20. The summed E-state index contributed by atoms with van der Waals surface area (Å²) in [5.41, 5.74) is 3.02. The summed E-state index contributed by atoms with van der Waals surface area (Å²) in [4.78, 5) is 12.5. The number of anilines is 1. The molecule has 0 saturated carbocycles. The van der Waals surface area contributed by atoms with E-state index in [1.165, 1.54) is 11.8 Å². The van der Waals surface area contributed by atoms with Gasteiger partial charge in [-0.25, -0.2) is 0 Å². The molecule has 0 aliphatic heterocycles. The molecule has 28 heavy (non-hydrogen) atoms. The molecule has 3 aromatic rings. The van der Waals surface area contributed by atoms with E-state index in [-0.39, 0.29) is 5.91 Å². The molecule has 1 unspecified atom stereocenters. The maximum absolute atomic E-state index is 12.5. The van der Waals surface area contributed by atoms with Crippen LogP contribution in [0.5, 0.6) is 0 Å². The molecule has 1 heterocycles. The van der Waals surface area contributed by atoms with Crippen molar-refractivity contribution in [3.8, 4) is 17.5 Å². The lowest BCUT2D eigenvalue weighted by Crippen LogP contribution is -2.22. The van der Waals surface area contributed by atoms with E-state index < -0.39 is 5.25 Å². The van der Waals surface area contributed by atoms with Crippen molar-refractivity contribution in [1.29, 1.82) is 5.26 Å². The summed E-state index contributed by atoms with van der Waals surface area (Å²) < 4.78 is 1.88. The Bertz CT molecular complexity index is 1070. The number of aryl methyl sites for hydroxylation is 1. The van der Waals surface area contributed by atoms with Crippen molar-refractivity contribution in [2.45, 2.75) is 24.3 Å². The van der Waals surface area contributed by atoms with Crippen LogP contribution in [0.2, 0.25) is 5.02 Å². The lowest BCUT2D eigenvalue weighted by molar-refractivity contribution is -0.115. The molecule has 0 aliphatic rings. The average molecular weight is 412 g/mol. The van der Waals surface area contributed by atoms with Gasteiger partial charge in [0.1, 0.15) is 6.07 Å². The van der Waals surface area contributed by atoms with E-state index in [1.807, 2.05) is 48.9 Å². The van der Waals surface area contributed by atoms with Crippen LogP contribution in [0.1, 0.15) is 18.1 Å². The summed E-state index contributed by atoms with van der Waals surface area (Å²) in [6.45, 7) is 3.82. The van der Waals surface area contributed by atoms with Crippen molar-refractivity contribution in [3.05, 3.63) is 58.6 Å². The van der Waals surface area contributed by atoms with Gasteiger partial charge < -0.3 is 9.88 Å². The molecule has 0 radical (unpaired) electrons. The largest absolute Gasteiger partial charge is 0.325 e. The van der Waals surface area contributed by atoms with E-state index in [9.17, 15) is 4.79 Å². The second kappa shape index (κ2) is 8.46. The van der Waals surface area contributed by atoms with Gasteiger partial charge in [-0.15, -0.1) is 10.2 Å². The first kappa shape index (κ1) is 19.9. The van der Waals surface area contributed by atoms with E-state index in [4.69, 9.17) is 16.9 Å². The third-order valence-electron chi connectivity index (χ3n) is 4.23. The summed E-state index contributed by atoms with van der Waals surface area (Å²) in [6, 6.07) is 14.7. The maximum Gasteiger partial charge on any atom is 0.237 e. The Morgan fingerprint density at radius 2 is 2.04 bits per heavy atom. The van der Waals surface area contributed by atoms with Crippen molar-refractivity contribution >= 4 is 35.0 Å². The van der Waals surface area contributed by atoms with E-state index >= 15 is 0 Å². The normalized spacial score (nSPS) is 11.7. The number of benzene rings is 2. The Kier molecular flexibility index (Phi) is 6.02. The standard InChI is InChI=1S/C20H18ClN5OS/c1-12-6-4-5-7-16(12)18-24-25-20(26(18)3)28-13(2)19(27)23-15-9-8-14(11-22)17(21)10-15/h4-10,13H,1-3H3,(H,23,27). The van der Waals surface area contributed by atoms with Gasteiger partial charge in [-0.05, 0) is 37.6 Å². The maximum atomic E-state index is 12.5. The van der Waals surface area contributed by atoms with Crippen LogP contribution < -0.4 is 5.32 Å². The molecule has 0 fully saturated rings. The predicted molar refractivity (Wildman–Crippen MR) is 111 cm³/mol. The van der Waals surface area contributed by atoms with Gasteiger partial charge in [0.25, 0.3) is 0 Å². The van der Waals surface area contributed by atoms with E-state index in [0.29, 0.717) is 21.4 Å². The molecule has 1 N–H and O–H groups in total. The zero-order valence-electron chi connectivity index (χ0n) is 15.6. The highest BCUT2D eigenvalue weighted by Crippen LogP contribution is 2.28. The highest BCUT2D eigenvalue weighted by atomic mass is 35.5. The van der Waals surface area contributed by atoms with Gasteiger partial charge in [0, 0.05) is 18.3 Å². The summed E-state index contributed by atoms with van der Waals surface area (Å²) in [5.74, 6) is 0.568. The number of nitrogens with one attached hydrogen (secondary N) is 1. The highest BCUT2D eigenvalue weighted by molar-refractivity contribution is 8.00. The number of thioether (sulfide) groups is 1. The minimum absolute atomic E-state index is 0.189. The Morgan fingerprint density at radius 3 is 2.71 bits per heavy atom. The molecule has 8 heteroatoms. The summed E-state index contributed by atoms with van der Waals surface area (Å²) in [7, 11) is 1.88. The quantitative estimate of drug-likeness (QED) is 0.627. The van der Waals surface area contributed by atoms with Crippen LogP contribution >= 0.6 is 23.4 Å². The molecular formula is C20H18ClN5OS. The average Bonchev–Trinajstić information content (AvgIpc) is 3.02. The molecule has 0 saturated heterocycles. The molecule has 1 aromatic heterocycles. The van der Waals surface area contributed by atoms with Gasteiger partial charge in [0.15, 0.2) is 11.0 Å². The Balaban J connectivity index is 1.72. The number of hydrogen-bond acceptors (Lipinski definition) is 5. The third-order valence-corrected chi connectivity index (χ3v) is 5.68. The van der Waals surface area contributed by atoms with Gasteiger partial charge in [-0.3, -0.25) is 4.79 Å². The van der Waals surface area contributed by atoms with Crippen LogP contribution in [-0.4, -0.2) is 25.9 Å². The van der Waals surface area contributed by atoms with Gasteiger partial charge >= 0.3 is 0 Å². The fourth-order valence-electron chi connectivity index (χ4n) is 2.61. The smallest absolute Gasteiger partial charge is 0.237 e. The van der Waals surface area contributed by atoms with Crippen molar-refractivity contribution in [1.82, 2.24) is 14.8 Å². The van der Waals surface area contributed by atoms with E-state index in [2.05, 4.69) is 15.5 Å². The molecule has 2 aromatic carbocycles. The van der Waals surface area contributed by atoms with Crippen LogP contribution in [-0.2, 0) is 11.8 Å². The van der Waals surface area contributed by atoms with Crippen LogP contribution in [0.4, 0.5) is 5.69 Å². The molecular weight excluding hydrogens is 394 g/mol. The number of carbonyl (C=O) groups is 1. The monoisotopic (exact) mass is 411 g/mol. The van der Waals surface area contributed by atoms with Crippen LogP contribution in [0.15, 0.2) is 47.6 Å². The molecule has 0 spiro atoms. The number of carbonyl (C=O) groups excluding carboxylic acids is 1. The minimum Gasteiger partial charge on any atom is -0.325 e. The molecule has 3 rings (SSSR count). The first-order valence-corrected chi connectivity index (χ1v) is 9.79. The van der Waals surface area contributed by atoms with Crippen molar-refractivity contribution in [2.24, 2.45) is 7.05 Å². The SMILES string of the molecule is Cc1ccccc1-c1nnc(SC(C)C(=O)Nc2ccc(C#N)c(Cl)c2)n1C. The van der Waals surface area contributed by atoms with Gasteiger partial charge in [-0.2, -0.15) is 5.26 Å². The number of hydrogen-bond donors (Lipinski definition) is 1. The van der Waals surface area contributed by atoms with Crippen molar-refractivity contribution < 1.29 is 4.79 Å². The Hall–Kier alpha value is -2.82. The van der Waals surface area contributed by atoms with E-state index in [0.717, 1.165) is 17.0 Å². The van der Waals surface area contributed by atoms with Crippen molar-refractivity contribution in [2.75, 3.05) is 5.32 Å². The van der Waals surface area contributed by atoms with Crippen LogP contribution in [0.3, 0.4) is 0 Å². The zero-order valence-corrected chi connectivity index (χ0v) is 17.2. The summed E-state index contributed by atoms with van der Waals surface area (Å²) >= 11 is 7.34. The van der Waals surface area contributed by atoms with Crippen molar-refractivity contribution in [3.63, 3.8) is 0 Å². The number of rotatable bonds is 5. The third kappa shape index (κ3) is 4.19. The Morgan fingerprint density at radius 1 is 1.29 bits per heavy atom. The number of halogens is 1. The Labute approximate surface area is 172 Å². The fourth-order valence-corrected chi connectivity index (χ4v) is 3.65. The molecule has 0 bridgehead atoms. The first-order chi connectivity index (χ1) is 13.4. The second-order valence-corrected chi connectivity index (χ2v) is 7.95. The van der Waals surface area contributed by atoms with Crippen LogP contribution in [0, 0.1) is 18.3 Å². The summed E-state index contributed by atoms with van der Waals surface area (Å²) in [5, 5.41) is 20.8. The summed E-state index contributed by atoms with van der Waals surface area (Å²) in [6.07, 6.45) is 0. The first-order valence-electron chi connectivity index (χ1n) is 8.53. The molecule has 1 atom stereocenters. The minimum atomic E-state index is -0.401. The molecule has 142 valence electrons. The lowest BCUT2D eigenvalue weighted by atomic mass is 10.1. The van der Waals surface area contributed by atoms with Gasteiger partial charge in [0.2, 0.25) is 5.91 Å².